The Balaban J connectivity index is 1.31. The van der Waals surface area contributed by atoms with Crippen LogP contribution in [0.25, 0.3) is 22.0 Å². The Morgan fingerprint density at radius 3 is 2.52 bits per heavy atom. The number of aromatic amines is 1. The van der Waals surface area contributed by atoms with Crippen molar-refractivity contribution in [2.24, 2.45) is 5.73 Å². The number of aromatic nitrogens is 1. The van der Waals surface area contributed by atoms with Gasteiger partial charge in [-0.1, -0.05) is 35.9 Å². The maximum Gasteiger partial charge on any atom is 0.252 e. The molecule has 0 aliphatic carbocycles. The molecule has 1 aromatic heterocycles. The van der Waals surface area contributed by atoms with Crippen LogP contribution in [0.2, 0.25) is 5.02 Å². The summed E-state index contributed by atoms with van der Waals surface area (Å²) in [7, 11) is 0. The lowest BCUT2D eigenvalue weighted by Gasteiger charge is -2.32. The van der Waals surface area contributed by atoms with Crippen molar-refractivity contribution < 1.29 is 14.3 Å². The third-order valence-electron chi connectivity index (χ3n) is 7.94. The number of rotatable bonds is 6. The number of carbonyl (C=O) groups is 1. The van der Waals surface area contributed by atoms with E-state index in [-0.39, 0.29) is 23.3 Å². The van der Waals surface area contributed by atoms with Crippen molar-refractivity contribution in [3.05, 3.63) is 118 Å². The number of amides is 1. The number of fused-ring (bicyclic) bond motifs is 1. The zero-order valence-corrected chi connectivity index (χ0v) is 24.0. The molecule has 0 bridgehead atoms. The van der Waals surface area contributed by atoms with Crippen molar-refractivity contribution in [2.45, 2.75) is 31.8 Å². The van der Waals surface area contributed by atoms with Gasteiger partial charge in [-0.3, -0.25) is 4.79 Å². The highest BCUT2D eigenvalue weighted by molar-refractivity contribution is 6.31. The molecule has 1 amide bonds. The number of phenols is 1. The number of benzene rings is 4. The van der Waals surface area contributed by atoms with Crippen molar-refractivity contribution >= 4 is 34.1 Å². The molecule has 0 radical (unpaired) electrons. The van der Waals surface area contributed by atoms with Gasteiger partial charge in [-0.2, -0.15) is 0 Å². The van der Waals surface area contributed by atoms with Gasteiger partial charge in [0.1, 0.15) is 11.6 Å². The molecule has 6 rings (SSSR count). The van der Waals surface area contributed by atoms with Crippen LogP contribution in [0.4, 0.5) is 10.1 Å². The number of nitrogens with one attached hydrogen (secondary N) is 2. The van der Waals surface area contributed by atoms with Gasteiger partial charge in [0.25, 0.3) is 5.91 Å². The average Bonchev–Trinajstić information content (AvgIpc) is 3.40. The van der Waals surface area contributed by atoms with Crippen molar-refractivity contribution in [2.75, 3.05) is 18.0 Å². The molecule has 0 unspecified atom stereocenters. The number of anilines is 1. The first-order valence-electron chi connectivity index (χ1n) is 14.0. The molecule has 1 aliphatic heterocycles. The number of hydrogen-bond acceptors (Lipinski definition) is 4. The van der Waals surface area contributed by atoms with Gasteiger partial charge in [0.15, 0.2) is 0 Å². The van der Waals surface area contributed by atoms with E-state index in [0.29, 0.717) is 16.3 Å². The lowest BCUT2D eigenvalue weighted by Crippen LogP contribution is -2.39. The minimum atomic E-state index is -0.847. The summed E-state index contributed by atoms with van der Waals surface area (Å²) < 4.78 is 14.3. The number of carbonyl (C=O) groups excluding carboxylic acids is 1. The van der Waals surface area contributed by atoms with Crippen molar-refractivity contribution in [1.29, 1.82) is 0 Å². The van der Waals surface area contributed by atoms with Crippen LogP contribution in [0.1, 0.15) is 46.1 Å². The number of halogens is 2. The Morgan fingerprint density at radius 1 is 1.00 bits per heavy atom. The summed E-state index contributed by atoms with van der Waals surface area (Å²) in [6.45, 7) is 3.84. The molecule has 4 aromatic carbocycles. The summed E-state index contributed by atoms with van der Waals surface area (Å²) in [5.74, 6) is -0.999. The Kier molecular flexibility index (Phi) is 7.62. The summed E-state index contributed by atoms with van der Waals surface area (Å²) in [5.41, 5.74) is 12.1. The molecule has 0 saturated carbocycles. The lowest BCUT2D eigenvalue weighted by atomic mass is 9.98. The number of aryl methyl sites for hydroxylation is 1. The Labute approximate surface area is 248 Å². The van der Waals surface area contributed by atoms with Crippen molar-refractivity contribution in [3.8, 4) is 16.9 Å². The molecule has 6 nitrogen and oxygen atoms in total. The Bertz CT molecular complexity index is 1760. The molecule has 1 aliphatic rings. The number of piperidine rings is 1. The molecule has 1 fully saturated rings. The summed E-state index contributed by atoms with van der Waals surface area (Å²) >= 11 is 6.18. The van der Waals surface area contributed by atoms with E-state index in [0.717, 1.165) is 59.2 Å². The highest BCUT2D eigenvalue weighted by atomic mass is 35.5. The van der Waals surface area contributed by atoms with Gasteiger partial charge < -0.3 is 26.0 Å². The van der Waals surface area contributed by atoms with Gasteiger partial charge >= 0.3 is 0 Å². The first kappa shape index (κ1) is 27.8. The maximum atomic E-state index is 14.3. The zero-order valence-electron chi connectivity index (χ0n) is 23.2. The van der Waals surface area contributed by atoms with E-state index in [9.17, 15) is 14.3 Å². The molecule has 5 N–H and O–H groups in total. The predicted molar refractivity (Wildman–Crippen MR) is 167 cm³/mol. The van der Waals surface area contributed by atoms with Crippen LogP contribution in [0.3, 0.4) is 0 Å². The van der Waals surface area contributed by atoms with E-state index in [1.807, 2.05) is 37.3 Å². The molecule has 5 aromatic rings. The number of nitrogens with two attached hydrogens (primary N) is 1. The largest absolute Gasteiger partial charge is 0.508 e. The van der Waals surface area contributed by atoms with Crippen molar-refractivity contribution in [3.63, 3.8) is 0 Å². The van der Waals surface area contributed by atoms with E-state index in [4.69, 9.17) is 17.3 Å². The fraction of sp³-hybridized carbons (Fsp3) is 0.206. The quantitative estimate of drug-likeness (QED) is 0.172. The first-order chi connectivity index (χ1) is 20.2. The third kappa shape index (κ3) is 5.84. The van der Waals surface area contributed by atoms with Gasteiger partial charge in [0, 0.05) is 52.2 Å². The van der Waals surface area contributed by atoms with E-state index in [1.165, 1.54) is 18.2 Å². The molecule has 2 heterocycles. The van der Waals surface area contributed by atoms with Crippen LogP contribution in [-0.2, 0) is 0 Å². The van der Waals surface area contributed by atoms with Gasteiger partial charge in [-0.25, -0.2) is 4.39 Å². The second-order valence-electron chi connectivity index (χ2n) is 11.0. The average molecular weight is 583 g/mol. The van der Waals surface area contributed by atoms with E-state index in [1.54, 1.807) is 12.1 Å². The lowest BCUT2D eigenvalue weighted by molar-refractivity contribution is 0.0942. The van der Waals surface area contributed by atoms with Crippen LogP contribution in [-0.4, -0.2) is 35.1 Å². The summed E-state index contributed by atoms with van der Waals surface area (Å²) in [5, 5.41) is 15.1. The minimum Gasteiger partial charge on any atom is -0.508 e. The second kappa shape index (κ2) is 11.5. The normalized spacial score (nSPS) is 14.7. The van der Waals surface area contributed by atoms with Crippen molar-refractivity contribution in [1.82, 2.24) is 10.3 Å². The molecular formula is C34H32ClFN4O2. The zero-order chi connectivity index (χ0) is 29.4. The molecule has 1 atom stereocenters. The van der Waals surface area contributed by atoms with Crippen LogP contribution in [0, 0.1) is 12.7 Å². The SMILES string of the molecule is Cc1cc(C(=O)N[C@@H](c2cc3ccc(Cl)cc3[nH]2)c2cc(F)ccc2O)cc(-c2ccc(N3CCC(N)CC3)cc2)c1. The first-order valence-corrected chi connectivity index (χ1v) is 14.4. The summed E-state index contributed by atoms with van der Waals surface area (Å²) in [4.78, 5) is 19.4. The van der Waals surface area contributed by atoms with Gasteiger partial charge in [0.2, 0.25) is 0 Å². The fourth-order valence-electron chi connectivity index (χ4n) is 5.67. The second-order valence-corrected chi connectivity index (χ2v) is 11.5. The molecule has 1 saturated heterocycles. The Hall–Kier alpha value is -4.33. The highest BCUT2D eigenvalue weighted by Gasteiger charge is 2.24. The molecule has 0 spiro atoms. The summed E-state index contributed by atoms with van der Waals surface area (Å²) in [6, 6.07) is 24.5. The summed E-state index contributed by atoms with van der Waals surface area (Å²) in [6.07, 6.45) is 1.97. The highest BCUT2D eigenvalue weighted by Crippen LogP contribution is 2.33. The minimum absolute atomic E-state index is 0.126. The molecular weight excluding hydrogens is 551 g/mol. The number of H-pyrrole nitrogens is 1. The molecule has 8 heteroatoms. The smallest absolute Gasteiger partial charge is 0.252 e. The monoisotopic (exact) mass is 582 g/mol. The molecule has 214 valence electrons. The number of aromatic hydroxyl groups is 1. The van der Waals surface area contributed by atoms with Crippen LogP contribution in [0.15, 0.2) is 84.9 Å². The topological polar surface area (TPSA) is 94.4 Å². The van der Waals surface area contributed by atoms with E-state index in [2.05, 4.69) is 39.5 Å². The number of nitrogens with zero attached hydrogens (tertiary/aromatic N) is 1. The number of phenolic OH excluding ortho intramolecular Hbond substituents is 1. The van der Waals surface area contributed by atoms with Gasteiger partial charge in [0.05, 0.1) is 6.04 Å². The third-order valence-corrected chi connectivity index (χ3v) is 8.17. The fourth-order valence-corrected chi connectivity index (χ4v) is 5.85. The van der Waals surface area contributed by atoms with Gasteiger partial charge in [-0.15, -0.1) is 0 Å². The van der Waals surface area contributed by atoms with E-state index >= 15 is 0 Å². The van der Waals surface area contributed by atoms with Crippen LogP contribution >= 0.6 is 11.6 Å². The predicted octanol–water partition coefficient (Wildman–Crippen LogP) is 7.09. The maximum absolute atomic E-state index is 14.3. The number of hydrogen-bond donors (Lipinski definition) is 4. The standard InChI is InChI=1S/C34H32ClFN4O2/c1-20-14-23(21-3-7-28(8-4-21)40-12-10-27(37)11-13-40)16-24(15-20)34(42)39-33(29-19-26(36)6-9-32(29)41)31-17-22-2-5-25(35)18-30(22)38-31/h2-9,14-19,27,33,38,41H,10-13,37H2,1H3,(H,39,42)/t33-/m1/s1. The Morgan fingerprint density at radius 2 is 1.76 bits per heavy atom. The molecule has 42 heavy (non-hydrogen) atoms. The van der Waals surface area contributed by atoms with Crippen LogP contribution < -0.4 is 16.0 Å². The van der Waals surface area contributed by atoms with Gasteiger partial charge in [-0.05, 0) is 103 Å². The van der Waals surface area contributed by atoms with E-state index < -0.39 is 11.9 Å². The van der Waals surface area contributed by atoms with Crippen LogP contribution in [0.5, 0.6) is 5.75 Å².